The molecule has 0 radical (unpaired) electrons. The summed E-state index contributed by atoms with van der Waals surface area (Å²) in [5.74, 6) is 1.83. The molecule has 228 valence electrons. The Labute approximate surface area is 252 Å². The molecule has 3 rings (SSSR count). The number of nitrogens with zero attached hydrogens (tertiary/aromatic N) is 2. The number of benzene rings is 2. The molecule has 3 aromatic rings. The zero-order chi connectivity index (χ0) is 30.5. The maximum absolute atomic E-state index is 13.9. The van der Waals surface area contributed by atoms with Crippen molar-refractivity contribution in [2.24, 2.45) is 0 Å². The molecule has 9 nitrogen and oxygen atoms in total. The van der Waals surface area contributed by atoms with Gasteiger partial charge in [-0.2, -0.15) is 0 Å². The summed E-state index contributed by atoms with van der Waals surface area (Å²) in [6, 6.07) is 14.9. The first-order valence-corrected chi connectivity index (χ1v) is 14.8. The monoisotopic (exact) mass is 598 g/mol. The van der Waals surface area contributed by atoms with Crippen LogP contribution in [0.2, 0.25) is 0 Å². The molecule has 0 fully saturated rings. The third kappa shape index (κ3) is 9.12. The van der Waals surface area contributed by atoms with Crippen molar-refractivity contribution >= 4 is 23.2 Å². The smallest absolute Gasteiger partial charge is 0.258 e. The molecule has 0 aliphatic rings. The van der Waals surface area contributed by atoms with Crippen LogP contribution in [-0.4, -0.2) is 82.9 Å². The highest BCUT2D eigenvalue weighted by atomic mass is 32.1. The Kier molecular flexibility index (Phi) is 13.0. The number of methoxy groups -OCH3 is 4. The lowest BCUT2D eigenvalue weighted by Crippen LogP contribution is -2.44. The van der Waals surface area contributed by atoms with Crippen LogP contribution in [0, 0.1) is 6.92 Å². The number of hydrogen-bond acceptors (Lipinski definition) is 8. The van der Waals surface area contributed by atoms with Crippen LogP contribution in [0.25, 0.3) is 0 Å². The summed E-state index contributed by atoms with van der Waals surface area (Å²) in [6.45, 7) is 6.27. The molecule has 0 aliphatic carbocycles. The average Bonchev–Trinajstić information content (AvgIpc) is 3.43. The van der Waals surface area contributed by atoms with E-state index in [4.69, 9.17) is 23.7 Å². The number of hydrogen-bond donors (Lipinski definition) is 0. The first-order chi connectivity index (χ1) is 20.3. The second kappa shape index (κ2) is 16.6. The number of aryl methyl sites for hydroxylation is 1. The topological polar surface area (TPSA) is 86.8 Å². The molecule has 2 aromatic carbocycles. The Morgan fingerprint density at radius 3 is 2.21 bits per heavy atom. The van der Waals surface area contributed by atoms with E-state index in [9.17, 15) is 9.59 Å². The van der Waals surface area contributed by atoms with Gasteiger partial charge in [0.25, 0.3) is 5.91 Å². The molecule has 1 aromatic heterocycles. The van der Waals surface area contributed by atoms with Crippen LogP contribution >= 0.6 is 11.3 Å². The maximum Gasteiger partial charge on any atom is 0.258 e. The molecule has 0 spiro atoms. The Morgan fingerprint density at radius 2 is 1.57 bits per heavy atom. The van der Waals surface area contributed by atoms with E-state index in [2.05, 4.69) is 6.07 Å². The first kappa shape index (κ1) is 32.8. The quantitative estimate of drug-likeness (QED) is 0.197. The van der Waals surface area contributed by atoms with E-state index in [-0.39, 0.29) is 18.4 Å². The Bertz CT molecular complexity index is 1310. The van der Waals surface area contributed by atoms with Gasteiger partial charge in [-0.05, 0) is 68.7 Å². The van der Waals surface area contributed by atoms with Gasteiger partial charge in [0.15, 0.2) is 11.5 Å². The molecule has 42 heavy (non-hydrogen) atoms. The third-order valence-electron chi connectivity index (χ3n) is 6.79. The van der Waals surface area contributed by atoms with E-state index in [1.165, 1.54) is 12.0 Å². The van der Waals surface area contributed by atoms with E-state index in [0.717, 1.165) is 10.4 Å². The Balaban J connectivity index is 1.84. The molecule has 0 bridgehead atoms. The minimum Gasteiger partial charge on any atom is -0.497 e. The van der Waals surface area contributed by atoms with Crippen LogP contribution in [0.5, 0.6) is 23.0 Å². The number of rotatable bonds is 17. The van der Waals surface area contributed by atoms with Crippen molar-refractivity contribution in [3.8, 4) is 23.0 Å². The van der Waals surface area contributed by atoms with E-state index in [1.807, 2.05) is 43.0 Å². The van der Waals surface area contributed by atoms with Gasteiger partial charge in [0.1, 0.15) is 18.0 Å². The van der Waals surface area contributed by atoms with Gasteiger partial charge in [-0.1, -0.05) is 6.07 Å². The zero-order valence-electron chi connectivity index (χ0n) is 25.4. The predicted octanol–water partition coefficient (Wildman–Crippen LogP) is 5.23. The first-order valence-electron chi connectivity index (χ1n) is 14.0. The number of ether oxygens (including phenoxy) is 5. The van der Waals surface area contributed by atoms with Gasteiger partial charge < -0.3 is 33.5 Å². The van der Waals surface area contributed by atoms with Crippen LogP contribution in [0.15, 0.2) is 48.5 Å². The number of carbonyl (C=O) groups excluding carboxylic acids is 2. The zero-order valence-corrected chi connectivity index (χ0v) is 26.3. The van der Waals surface area contributed by atoms with Crippen molar-refractivity contribution in [3.63, 3.8) is 0 Å². The van der Waals surface area contributed by atoms with Gasteiger partial charge in [0.2, 0.25) is 5.91 Å². The Morgan fingerprint density at radius 1 is 0.810 bits per heavy atom. The lowest BCUT2D eigenvalue weighted by atomic mass is 10.1. The van der Waals surface area contributed by atoms with Gasteiger partial charge in [-0.15, -0.1) is 11.3 Å². The standard InChI is InChI=1S/C32H42N2O7S/c1-7-41-18-8-16-34(32(36)27-13-11-25(37-3)20-29(27)39-5)22-31(35)33(21-26-12-9-23(2)42-26)17-15-24-10-14-28(38-4)30(19-24)40-6/h9-14,19-20H,7-8,15-18,21-22H2,1-6H3. The van der Waals surface area contributed by atoms with Crippen molar-refractivity contribution < 1.29 is 33.3 Å². The van der Waals surface area contributed by atoms with Crippen molar-refractivity contribution in [1.82, 2.24) is 9.80 Å². The largest absolute Gasteiger partial charge is 0.497 e. The van der Waals surface area contributed by atoms with Gasteiger partial charge in [-0.3, -0.25) is 9.59 Å². The lowest BCUT2D eigenvalue weighted by molar-refractivity contribution is -0.132. The molecule has 2 amide bonds. The summed E-state index contributed by atoms with van der Waals surface area (Å²) < 4.78 is 27.1. The normalized spacial score (nSPS) is 10.7. The molecule has 0 saturated heterocycles. The molecule has 0 atom stereocenters. The van der Waals surface area contributed by atoms with Crippen molar-refractivity contribution in [1.29, 1.82) is 0 Å². The fraction of sp³-hybridized carbons (Fsp3) is 0.438. The van der Waals surface area contributed by atoms with Crippen LogP contribution < -0.4 is 18.9 Å². The molecular formula is C32H42N2O7S. The second-order valence-corrected chi connectivity index (χ2v) is 11.0. The summed E-state index contributed by atoms with van der Waals surface area (Å²) in [7, 11) is 6.27. The minimum absolute atomic E-state index is 0.0730. The predicted molar refractivity (Wildman–Crippen MR) is 164 cm³/mol. The van der Waals surface area contributed by atoms with Crippen LogP contribution in [-0.2, 0) is 22.5 Å². The van der Waals surface area contributed by atoms with Crippen molar-refractivity contribution in [2.45, 2.75) is 33.2 Å². The highest BCUT2D eigenvalue weighted by Crippen LogP contribution is 2.28. The molecule has 0 unspecified atom stereocenters. The molecule has 0 N–H and O–H groups in total. The fourth-order valence-corrected chi connectivity index (χ4v) is 5.42. The van der Waals surface area contributed by atoms with E-state index < -0.39 is 0 Å². The number of thiophene rings is 1. The summed E-state index contributed by atoms with van der Waals surface area (Å²) in [6.07, 6.45) is 1.21. The average molecular weight is 599 g/mol. The van der Waals surface area contributed by atoms with Gasteiger partial charge in [0, 0.05) is 42.1 Å². The van der Waals surface area contributed by atoms with Crippen LogP contribution in [0.4, 0.5) is 0 Å². The highest BCUT2D eigenvalue weighted by molar-refractivity contribution is 7.11. The molecule has 0 saturated carbocycles. The van der Waals surface area contributed by atoms with Crippen molar-refractivity contribution in [2.75, 3.05) is 61.3 Å². The Hall–Kier alpha value is -3.76. The van der Waals surface area contributed by atoms with E-state index in [1.54, 1.807) is 55.8 Å². The third-order valence-corrected chi connectivity index (χ3v) is 7.77. The van der Waals surface area contributed by atoms with Gasteiger partial charge in [-0.25, -0.2) is 0 Å². The highest BCUT2D eigenvalue weighted by Gasteiger charge is 2.25. The number of carbonyl (C=O) groups is 2. The van der Waals surface area contributed by atoms with E-state index >= 15 is 0 Å². The maximum atomic E-state index is 13.9. The van der Waals surface area contributed by atoms with E-state index in [0.29, 0.717) is 74.3 Å². The number of amides is 2. The van der Waals surface area contributed by atoms with Gasteiger partial charge >= 0.3 is 0 Å². The minimum atomic E-state index is -0.286. The summed E-state index contributed by atoms with van der Waals surface area (Å²) in [4.78, 5) is 33.3. The fourth-order valence-electron chi connectivity index (χ4n) is 4.51. The lowest BCUT2D eigenvalue weighted by Gasteiger charge is -2.28. The summed E-state index contributed by atoms with van der Waals surface area (Å²) >= 11 is 1.66. The second-order valence-electron chi connectivity index (χ2n) is 9.61. The summed E-state index contributed by atoms with van der Waals surface area (Å²) in [5, 5.41) is 0. The molecule has 1 heterocycles. The van der Waals surface area contributed by atoms with Crippen LogP contribution in [0.1, 0.15) is 39.0 Å². The molecule has 0 aliphatic heterocycles. The van der Waals surface area contributed by atoms with Crippen LogP contribution in [0.3, 0.4) is 0 Å². The van der Waals surface area contributed by atoms with Gasteiger partial charge in [0.05, 0.1) is 40.5 Å². The SMILES string of the molecule is CCOCCCN(CC(=O)N(CCc1ccc(OC)c(OC)c1)Cc1ccc(C)s1)C(=O)c1ccc(OC)cc1OC. The van der Waals surface area contributed by atoms with Crippen molar-refractivity contribution in [3.05, 3.63) is 69.4 Å². The molecular weight excluding hydrogens is 556 g/mol. The molecule has 10 heteroatoms. The summed E-state index contributed by atoms with van der Waals surface area (Å²) in [5.41, 5.74) is 1.38.